The molecule has 1 aliphatic carbocycles. The fraction of sp³-hybridized carbons (Fsp3) is 0.409. The Morgan fingerprint density at radius 2 is 2.00 bits per heavy atom. The molecule has 0 spiro atoms. The fourth-order valence-electron chi connectivity index (χ4n) is 3.93. The van der Waals surface area contributed by atoms with E-state index in [9.17, 15) is 14.3 Å². The number of halogens is 1. The highest BCUT2D eigenvalue weighted by atomic mass is 19.1. The number of carbonyl (C=O) groups excluding carboxylic acids is 1. The van der Waals surface area contributed by atoms with Crippen molar-refractivity contribution in [2.75, 3.05) is 5.32 Å². The van der Waals surface area contributed by atoms with Crippen LogP contribution in [-0.2, 0) is 5.60 Å². The van der Waals surface area contributed by atoms with Crippen LogP contribution in [0.1, 0.15) is 68.0 Å². The summed E-state index contributed by atoms with van der Waals surface area (Å²) < 4.78 is 15.1. The molecule has 1 saturated carbocycles. The highest BCUT2D eigenvalue weighted by Crippen LogP contribution is 2.34. The van der Waals surface area contributed by atoms with Crippen LogP contribution in [0.5, 0.6) is 0 Å². The topological polar surface area (TPSA) is 80.0 Å². The van der Waals surface area contributed by atoms with Crippen molar-refractivity contribution in [3.63, 3.8) is 0 Å². The lowest BCUT2D eigenvalue weighted by molar-refractivity contribution is 0.0793. The van der Waals surface area contributed by atoms with Gasteiger partial charge >= 0.3 is 0 Å². The molecule has 0 saturated heterocycles. The molecule has 1 amide bonds. The number of pyridine rings is 1. The molecule has 0 bridgehead atoms. The van der Waals surface area contributed by atoms with Crippen molar-refractivity contribution in [2.24, 2.45) is 0 Å². The smallest absolute Gasteiger partial charge is 0.274 e. The molecule has 1 aliphatic rings. The predicted molar refractivity (Wildman–Crippen MR) is 109 cm³/mol. The van der Waals surface area contributed by atoms with Gasteiger partial charge in [0, 0.05) is 22.8 Å². The molecule has 4 rings (SSSR count). The summed E-state index contributed by atoms with van der Waals surface area (Å²) >= 11 is 0. The van der Waals surface area contributed by atoms with Gasteiger partial charge in [0.2, 0.25) is 0 Å². The second-order valence-corrected chi connectivity index (χ2v) is 8.23. The van der Waals surface area contributed by atoms with Crippen LogP contribution in [0, 0.1) is 5.82 Å². The van der Waals surface area contributed by atoms with Gasteiger partial charge in [0.25, 0.3) is 5.91 Å². The molecule has 2 aromatic heterocycles. The van der Waals surface area contributed by atoms with Gasteiger partial charge in [0.1, 0.15) is 11.5 Å². The minimum atomic E-state index is -1.18. The molecule has 0 aliphatic heterocycles. The summed E-state index contributed by atoms with van der Waals surface area (Å²) in [5.74, 6) is -0.968. The molecule has 2 N–H and O–H groups in total. The molecule has 3 aromatic rings. The zero-order valence-electron chi connectivity index (χ0n) is 16.7. The van der Waals surface area contributed by atoms with Crippen molar-refractivity contribution in [3.05, 3.63) is 53.7 Å². The summed E-state index contributed by atoms with van der Waals surface area (Å²) in [7, 11) is 0. The molecule has 29 heavy (non-hydrogen) atoms. The normalized spacial score (nSPS) is 15.6. The van der Waals surface area contributed by atoms with Crippen molar-refractivity contribution in [3.8, 4) is 0 Å². The second kappa shape index (κ2) is 7.55. The van der Waals surface area contributed by atoms with Gasteiger partial charge in [0.05, 0.1) is 23.4 Å². The van der Waals surface area contributed by atoms with Crippen LogP contribution in [-0.4, -0.2) is 25.8 Å². The maximum absolute atomic E-state index is 13.1. The monoisotopic (exact) mass is 396 g/mol. The maximum atomic E-state index is 13.1. The highest BCUT2D eigenvalue weighted by molar-refractivity contribution is 6.04. The molecule has 152 valence electrons. The van der Waals surface area contributed by atoms with Crippen molar-refractivity contribution >= 4 is 22.5 Å². The van der Waals surface area contributed by atoms with Gasteiger partial charge in [-0.2, -0.15) is 5.10 Å². The largest absolute Gasteiger partial charge is 0.386 e. The van der Waals surface area contributed by atoms with Gasteiger partial charge in [-0.3, -0.25) is 9.48 Å². The fourth-order valence-corrected chi connectivity index (χ4v) is 3.93. The average Bonchev–Trinajstić information content (AvgIpc) is 3.11. The Morgan fingerprint density at radius 1 is 1.24 bits per heavy atom. The van der Waals surface area contributed by atoms with Crippen LogP contribution >= 0.6 is 0 Å². The van der Waals surface area contributed by atoms with Crippen LogP contribution in [0.4, 0.5) is 10.1 Å². The Kier molecular flexibility index (Phi) is 5.08. The van der Waals surface area contributed by atoms with Crippen molar-refractivity contribution < 1.29 is 14.3 Å². The second-order valence-electron chi connectivity index (χ2n) is 8.23. The number of hydrogen-bond acceptors (Lipinski definition) is 4. The average molecular weight is 396 g/mol. The van der Waals surface area contributed by atoms with Crippen molar-refractivity contribution in [1.29, 1.82) is 0 Å². The molecule has 7 heteroatoms. The summed E-state index contributed by atoms with van der Waals surface area (Å²) in [4.78, 5) is 16.4. The molecule has 1 aromatic carbocycles. The Labute approximate surface area is 168 Å². The minimum Gasteiger partial charge on any atom is -0.386 e. The van der Waals surface area contributed by atoms with Gasteiger partial charge in [-0.25, -0.2) is 9.37 Å². The molecule has 0 radical (unpaired) electrons. The van der Waals surface area contributed by atoms with Crippen molar-refractivity contribution in [2.45, 2.75) is 57.6 Å². The lowest BCUT2D eigenvalue weighted by Crippen LogP contribution is -2.21. The summed E-state index contributed by atoms with van der Waals surface area (Å²) in [6.45, 7) is 3.33. The molecular formula is C22H25FN4O2. The molecule has 6 nitrogen and oxygen atoms in total. The molecule has 1 fully saturated rings. The third kappa shape index (κ3) is 4.15. The third-order valence-electron chi connectivity index (χ3n) is 5.48. The number of rotatable bonds is 4. The lowest BCUT2D eigenvalue weighted by atomic mass is 9.95. The van der Waals surface area contributed by atoms with E-state index in [1.54, 1.807) is 13.8 Å². The van der Waals surface area contributed by atoms with Crippen LogP contribution in [0.15, 0.2) is 36.7 Å². The Morgan fingerprint density at radius 3 is 2.66 bits per heavy atom. The maximum Gasteiger partial charge on any atom is 0.274 e. The van der Waals surface area contributed by atoms with Crippen LogP contribution < -0.4 is 5.32 Å². The first kappa shape index (κ1) is 19.5. The summed E-state index contributed by atoms with van der Waals surface area (Å²) in [5.41, 5.74) is 0.761. The van der Waals surface area contributed by atoms with E-state index in [-0.39, 0.29) is 5.69 Å². The number of nitrogens with one attached hydrogen (secondary N) is 1. The van der Waals surface area contributed by atoms with E-state index >= 15 is 0 Å². The number of benzene rings is 1. The standard InChI is InChI=1S/C22H25FN4O2/c1-22(2,29)17-11-19-14(13-27(26-19)16-6-4-3-5-7-16)10-20(17)25-21(28)18-9-8-15(23)12-24-18/h8-13,16,29H,3-7H2,1-2H3,(H,25,28). The minimum absolute atomic E-state index is 0.103. The summed E-state index contributed by atoms with van der Waals surface area (Å²) in [6.07, 6.45) is 8.93. The van der Waals surface area contributed by atoms with E-state index in [1.165, 1.54) is 31.4 Å². The Bertz CT molecular complexity index is 1030. The number of aliphatic hydroxyl groups is 1. The van der Waals surface area contributed by atoms with Gasteiger partial charge in [-0.15, -0.1) is 0 Å². The molecule has 0 atom stereocenters. The first-order valence-corrected chi connectivity index (χ1v) is 10.00. The van der Waals surface area contributed by atoms with Gasteiger partial charge < -0.3 is 10.4 Å². The van der Waals surface area contributed by atoms with E-state index in [4.69, 9.17) is 5.10 Å². The summed E-state index contributed by atoms with van der Waals surface area (Å²) in [6, 6.07) is 6.56. The van der Waals surface area contributed by atoms with E-state index in [2.05, 4.69) is 10.3 Å². The first-order valence-electron chi connectivity index (χ1n) is 10.00. The number of fused-ring (bicyclic) bond motifs is 1. The van der Waals surface area contributed by atoms with Crippen LogP contribution in [0.25, 0.3) is 10.9 Å². The molecular weight excluding hydrogens is 371 g/mol. The molecule has 0 unspecified atom stereocenters. The quantitative estimate of drug-likeness (QED) is 0.678. The predicted octanol–water partition coefficient (Wildman–Crippen LogP) is 4.56. The number of aromatic nitrogens is 3. The number of carbonyl (C=O) groups is 1. The van der Waals surface area contributed by atoms with E-state index in [0.29, 0.717) is 17.3 Å². The summed E-state index contributed by atoms with van der Waals surface area (Å²) in [5, 5.41) is 19.1. The van der Waals surface area contributed by atoms with Crippen molar-refractivity contribution in [1.82, 2.24) is 14.8 Å². The van der Waals surface area contributed by atoms with Crippen LogP contribution in [0.3, 0.4) is 0 Å². The zero-order chi connectivity index (χ0) is 20.6. The number of anilines is 1. The van der Waals surface area contributed by atoms with E-state index in [1.807, 2.05) is 23.0 Å². The lowest BCUT2D eigenvalue weighted by Gasteiger charge is -2.22. The van der Waals surface area contributed by atoms with Gasteiger partial charge in [0.15, 0.2) is 0 Å². The number of nitrogens with zero attached hydrogens (tertiary/aromatic N) is 3. The highest BCUT2D eigenvalue weighted by Gasteiger charge is 2.24. The van der Waals surface area contributed by atoms with E-state index < -0.39 is 17.3 Å². The number of hydrogen-bond donors (Lipinski definition) is 2. The van der Waals surface area contributed by atoms with Crippen LogP contribution in [0.2, 0.25) is 0 Å². The SMILES string of the molecule is CC(C)(O)c1cc2nn(C3CCCCC3)cc2cc1NC(=O)c1ccc(F)cn1. The zero-order valence-corrected chi connectivity index (χ0v) is 16.7. The third-order valence-corrected chi connectivity index (χ3v) is 5.48. The van der Waals surface area contributed by atoms with Gasteiger partial charge in [-0.1, -0.05) is 19.3 Å². The Hall–Kier alpha value is -2.80. The van der Waals surface area contributed by atoms with E-state index in [0.717, 1.165) is 29.9 Å². The molecule has 2 heterocycles. The Balaban J connectivity index is 1.70. The van der Waals surface area contributed by atoms with Gasteiger partial charge in [-0.05, 0) is 51.0 Å². The number of amides is 1. The first-order chi connectivity index (χ1) is 13.8.